The Morgan fingerprint density at radius 3 is 2.66 bits per heavy atom. The van der Waals surface area contributed by atoms with Gasteiger partial charge in [0.1, 0.15) is 30.1 Å². The zero-order chi connectivity index (χ0) is 20.4. The summed E-state index contributed by atoms with van der Waals surface area (Å²) in [5.41, 5.74) is 1.53. The second-order valence-corrected chi connectivity index (χ2v) is 7.74. The molecule has 29 heavy (non-hydrogen) atoms. The summed E-state index contributed by atoms with van der Waals surface area (Å²) in [6.45, 7) is 3.95. The van der Waals surface area contributed by atoms with Crippen molar-refractivity contribution in [3.63, 3.8) is 0 Å². The molecule has 2 heterocycles. The number of ether oxygens (including phenoxy) is 1. The lowest BCUT2D eigenvalue weighted by Gasteiger charge is -2.35. The normalized spacial score (nSPS) is 17.7. The number of anilines is 1. The number of amides is 1. The van der Waals surface area contributed by atoms with Crippen LogP contribution in [-0.4, -0.2) is 70.0 Å². The highest BCUT2D eigenvalue weighted by molar-refractivity contribution is 6.10. The van der Waals surface area contributed by atoms with Gasteiger partial charge in [0.25, 0.3) is 0 Å². The van der Waals surface area contributed by atoms with Crippen LogP contribution in [0.15, 0.2) is 36.7 Å². The van der Waals surface area contributed by atoms with Gasteiger partial charge in [-0.2, -0.15) is 0 Å². The highest BCUT2D eigenvalue weighted by Gasteiger charge is 2.40. The molecule has 1 aliphatic heterocycles. The third kappa shape index (κ3) is 4.37. The van der Waals surface area contributed by atoms with E-state index in [9.17, 15) is 4.79 Å². The van der Waals surface area contributed by atoms with Crippen molar-refractivity contribution in [2.75, 3.05) is 37.7 Å². The molecule has 1 aromatic carbocycles. The van der Waals surface area contributed by atoms with E-state index < -0.39 is 6.61 Å². The van der Waals surface area contributed by atoms with Crippen molar-refractivity contribution in [2.45, 2.75) is 25.4 Å². The number of hydrogen-bond donors (Lipinski definition) is 2. The van der Waals surface area contributed by atoms with Crippen molar-refractivity contribution in [2.24, 2.45) is 0 Å². The number of piperazine rings is 1. The first-order valence-electron chi connectivity index (χ1n) is 9.81. The second kappa shape index (κ2) is 7.79. The van der Waals surface area contributed by atoms with E-state index in [1.165, 1.54) is 6.33 Å². The van der Waals surface area contributed by atoms with Crippen LogP contribution in [0.3, 0.4) is 0 Å². The fourth-order valence-corrected chi connectivity index (χ4v) is 3.37. The molecule has 0 unspecified atom stereocenters. The predicted octanol–water partition coefficient (Wildman–Crippen LogP) is 1.46. The molecule has 0 radical (unpaired) electrons. The Bertz CT molecular complexity index is 920. The summed E-state index contributed by atoms with van der Waals surface area (Å²) < 4.78 is 6.01. The number of carbonyl (C=O) groups is 1. The summed E-state index contributed by atoms with van der Waals surface area (Å²) >= 11 is 0. The van der Waals surface area contributed by atoms with E-state index in [0.717, 1.165) is 30.0 Å². The molecule has 8 heteroatoms. The van der Waals surface area contributed by atoms with Crippen LogP contribution in [0.1, 0.15) is 31.0 Å². The topological polar surface area (TPSA) is 103 Å². The predicted molar refractivity (Wildman–Crippen MR) is 109 cm³/mol. The standard InChI is InChI=1S/C21H25N5O3/c1-21(5-6-21)29-16-4-2-3-15(11-16)20(22)17-12-18(24-14-23-17)25-7-9-26(10-8-25)19(28)13-27/h2-4,11-12,14,22,27H,5-10,13H2,1H3. The van der Waals surface area contributed by atoms with E-state index in [2.05, 4.69) is 21.8 Å². The summed E-state index contributed by atoms with van der Waals surface area (Å²) in [6, 6.07) is 9.38. The number of benzene rings is 1. The smallest absolute Gasteiger partial charge is 0.248 e. The van der Waals surface area contributed by atoms with E-state index in [4.69, 9.17) is 15.3 Å². The SMILES string of the molecule is CC1(Oc2cccc(C(=N)c3cc(N4CCN(C(=O)CO)CC4)ncn3)c2)CC1. The fraction of sp³-hybridized carbons (Fsp3) is 0.429. The molecular weight excluding hydrogens is 370 g/mol. The Labute approximate surface area is 169 Å². The van der Waals surface area contributed by atoms with Crippen molar-refractivity contribution < 1.29 is 14.6 Å². The van der Waals surface area contributed by atoms with Crippen molar-refractivity contribution in [3.05, 3.63) is 47.9 Å². The summed E-state index contributed by atoms with van der Waals surface area (Å²) in [6.07, 6.45) is 3.58. The highest BCUT2D eigenvalue weighted by Crippen LogP contribution is 2.39. The highest BCUT2D eigenvalue weighted by atomic mass is 16.5. The molecule has 2 aliphatic rings. The molecule has 0 spiro atoms. The minimum Gasteiger partial charge on any atom is -0.488 e. The van der Waals surface area contributed by atoms with Gasteiger partial charge in [0.05, 0.1) is 11.4 Å². The third-order valence-corrected chi connectivity index (χ3v) is 5.44. The summed E-state index contributed by atoms with van der Waals surface area (Å²) in [4.78, 5) is 24.0. The minimum atomic E-state index is -0.462. The zero-order valence-corrected chi connectivity index (χ0v) is 16.5. The molecular formula is C21H25N5O3. The molecule has 0 bridgehead atoms. The van der Waals surface area contributed by atoms with E-state index in [-0.39, 0.29) is 11.5 Å². The Morgan fingerprint density at radius 2 is 1.97 bits per heavy atom. The summed E-state index contributed by atoms with van der Waals surface area (Å²) in [5.74, 6) is 1.25. The van der Waals surface area contributed by atoms with Crippen LogP contribution < -0.4 is 9.64 Å². The van der Waals surface area contributed by atoms with Crippen LogP contribution in [0, 0.1) is 5.41 Å². The molecule has 152 valence electrons. The average Bonchev–Trinajstić information content (AvgIpc) is 3.49. The number of carbonyl (C=O) groups excluding carboxylic acids is 1. The van der Waals surface area contributed by atoms with Crippen LogP contribution in [0.5, 0.6) is 5.75 Å². The first-order chi connectivity index (χ1) is 14.0. The molecule has 2 N–H and O–H groups in total. The number of aromatic nitrogens is 2. The Morgan fingerprint density at radius 1 is 1.21 bits per heavy atom. The maximum atomic E-state index is 11.6. The van der Waals surface area contributed by atoms with E-state index in [0.29, 0.717) is 37.6 Å². The number of hydrogen-bond acceptors (Lipinski definition) is 7. The van der Waals surface area contributed by atoms with E-state index in [1.807, 2.05) is 30.3 Å². The molecule has 1 aromatic heterocycles. The van der Waals surface area contributed by atoms with Crippen molar-refractivity contribution in [1.29, 1.82) is 5.41 Å². The van der Waals surface area contributed by atoms with E-state index in [1.54, 1.807) is 4.90 Å². The quantitative estimate of drug-likeness (QED) is 0.718. The minimum absolute atomic E-state index is 0.0670. The lowest BCUT2D eigenvalue weighted by molar-refractivity contribution is -0.134. The Hall–Kier alpha value is -3.00. The monoisotopic (exact) mass is 395 g/mol. The lowest BCUT2D eigenvalue weighted by Crippen LogP contribution is -2.49. The zero-order valence-electron chi connectivity index (χ0n) is 16.5. The van der Waals surface area contributed by atoms with Gasteiger partial charge in [-0.3, -0.25) is 10.2 Å². The van der Waals surface area contributed by atoms with Crippen molar-refractivity contribution >= 4 is 17.4 Å². The molecule has 4 rings (SSSR count). The third-order valence-electron chi connectivity index (χ3n) is 5.44. The van der Waals surface area contributed by atoms with Crippen LogP contribution in [-0.2, 0) is 4.79 Å². The average molecular weight is 395 g/mol. The first kappa shape index (κ1) is 19.3. The van der Waals surface area contributed by atoms with Crippen molar-refractivity contribution in [1.82, 2.24) is 14.9 Å². The fourth-order valence-electron chi connectivity index (χ4n) is 3.37. The number of rotatable bonds is 6. The molecule has 8 nitrogen and oxygen atoms in total. The largest absolute Gasteiger partial charge is 0.488 e. The van der Waals surface area contributed by atoms with Gasteiger partial charge in [0.2, 0.25) is 5.91 Å². The number of aliphatic hydroxyl groups excluding tert-OH is 1. The van der Waals surface area contributed by atoms with E-state index >= 15 is 0 Å². The number of nitrogens with one attached hydrogen (secondary N) is 1. The van der Waals surface area contributed by atoms with Gasteiger partial charge in [-0.15, -0.1) is 0 Å². The van der Waals surface area contributed by atoms with Gasteiger partial charge < -0.3 is 19.6 Å². The maximum absolute atomic E-state index is 11.6. The molecule has 1 saturated heterocycles. The van der Waals surface area contributed by atoms with Crippen LogP contribution in [0.25, 0.3) is 0 Å². The Balaban J connectivity index is 1.47. The summed E-state index contributed by atoms with van der Waals surface area (Å²) in [5, 5.41) is 17.6. The van der Waals surface area contributed by atoms with Gasteiger partial charge in [-0.1, -0.05) is 12.1 Å². The van der Waals surface area contributed by atoms with Crippen molar-refractivity contribution in [3.8, 4) is 5.75 Å². The maximum Gasteiger partial charge on any atom is 0.248 e. The van der Waals surface area contributed by atoms with Gasteiger partial charge in [0, 0.05) is 37.8 Å². The molecule has 0 atom stereocenters. The number of nitrogens with zero attached hydrogens (tertiary/aromatic N) is 4. The van der Waals surface area contributed by atoms with Gasteiger partial charge >= 0.3 is 0 Å². The van der Waals surface area contributed by atoms with Gasteiger partial charge in [0.15, 0.2) is 0 Å². The van der Waals surface area contributed by atoms with Crippen LogP contribution >= 0.6 is 0 Å². The second-order valence-electron chi connectivity index (χ2n) is 7.74. The first-order valence-corrected chi connectivity index (χ1v) is 9.81. The molecule has 1 saturated carbocycles. The Kier molecular flexibility index (Phi) is 5.19. The number of aliphatic hydroxyl groups is 1. The molecule has 2 aromatic rings. The lowest BCUT2D eigenvalue weighted by atomic mass is 10.1. The van der Waals surface area contributed by atoms with Gasteiger partial charge in [-0.25, -0.2) is 9.97 Å². The summed E-state index contributed by atoms with van der Waals surface area (Å²) in [7, 11) is 0. The van der Waals surface area contributed by atoms with Gasteiger partial charge in [-0.05, 0) is 31.9 Å². The molecule has 1 amide bonds. The van der Waals surface area contributed by atoms with Crippen LogP contribution in [0.4, 0.5) is 5.82 Å². The molecule has 1 aliphatic carbocycles. The molecule has 2 fully saturated rings. The van der Waals surface area contributed by atoms with Crippen LogP contribution in [0.2, 0.25) is 0 Å².